The molecule has 0 aliphatic rings. The van der Waals surface area contributed by atoms with E-state index in [1.165, 1.54) is 0 Å². The van der Waals surface area contributed by atoms with Gasteiger partial charge in [-0.1, -0.05) is 0 Å². The number of hydrogen-bond acceptors (Lipinski definition) is 4. The number of rotatable bonds is 2. The highest BCUT2D eigenvalue weighted by Crippen LogP contribution is 2.06. The second kappa shape index (κ2) is 4.27. The zero-order valence-corrected chi connectivity index (χ0v) is 7.63. The summed E-state index contributed by atoms with van der Waals surface area (Å²) in [6, 6.07) is 0. The number of nitrogens with two attached hydrogens (primary N) is 1. The van der Waals surface area contributed by atoms with E-state index in [0.29, 0.717) is 0 Å². The summed E-state index contributed by atoms with van der Waals surface area (Å²) in [6.45, 7) is 4.93. The summed E-state index contributed by atoms with van der Waals surface area (Å²) in [5, 5.41) is 10.7. The minimum atomic E-state index is -0.764. The predicted octanol–water partition coefficient (Wildman–Crippen LogP) is -0.212. The van der Waals surface area contributed by atoms with E-state index < -0.39 is 17.9 Å². The van der Waals surface area contributed by atoms with Crippen LogP contribution in [0, 0.1) is 0 Å². The van der Waals surface area contributed by atoms with E-state index in [0.717, 1.165) is 0 Å². The number of hydrogen-bond donors (Lipinski definition) is 3. The molecule has 72 valence electrons. The lowest BCUT2D eigenvalue weighted by atomic mass is 10.2. The van der Waals surface area contributed by atoms with Gasteiger partial charge in [0, 0.05) is 0 Å². The summed E-state index contributed by atoms with van der Waals surface area (Å²) in [4.78, 5) is 10.9. The van der Waals surface area contributed by atoms with E-state index in [1.54, 1.807) is 20.8 Å². The number of nitrogens with one attached hydrogen (secondary N) is 1. The standard InChI is InChI=1S/C7H16N2O3/c1-7(2,3)12-6(11)9-5(8)4-10/h5,10H,4,8H2,1-3H3,(H,9,11). The zero-order valence-electron chi connectivity index (χ0n) is 7.63. The maximum atomic E-state index is 10.9. The molecule has 0 spiro atoms. The molecule has 0 aromatic carbocycles. The molecule has 0 radical (unpaired) electrons. The molecule has 0 fully saturated rings. The fraction of sp³-hybridized carbons (Fsp3) is 0.857. The van der Waals surface area contributed by atoms with Gasteiger partial charge in [0.15, 0.2) is 0 Å². The van der Waals surface area contributed by atoms with Crippen LogP contribution in [0.15, 0.2) is 0 Å². The van der Waals surface area contributed by atoms with Gasteiger partial charge in [-0.2, -0.15) is 0 Å². The Labute approximate surface area is 71.9 Å². The summed E-state index contributed by atoms with van der Waals surface area (Å²) >= 11 is 0. The smallest absolute Gasteiger partial charge is 0.408 e. The lowest BCUT2D eigenvalue weighted by molar-refractivity contribution is 0.0485. The molecular weight excluding hydrogens is 160 g/mol. The Hall–Kier alpha value is -0.810. The molecular formula is C7H16N2O3. The van der Waals surface area contributed by atoms with Crippen molar-refractivity contribution in [1.82, 2.24) is 5.32 Å². The molecule has 5 nitrogen and oxygen atoms in total. The van der Waals surface area contributed by atoms with E-state index in [2.05, 4.69) is 5.32 Å². The van der Waals surface area contributed by atoms with Crippen molar-refractivity contribution in [2.45, 2.75) is 32.5 Å². The van der Waals surface area contributed by atoms with Crippen LogP contribution in [0.25, 0.3) is 0 Å². The molecule has 0 aliphatic carbocycles. The van der Waals surface area contributed by atoms with E-state index in [1.807, 2.05) is 0 Å². The van der Waals surface area contributed by atoms with Crippen molar-refractivity contribution in [3.63, 3.8) is 0 Å². The molecule has 0 aliphatic heterocycles. The van der Waals surface area contributed by atoms with Gasteiger partial charge in [0.05, 0.1) is 6.61 Å². The first-order chi connectivity index (χ1) is 5.35. The Kier molecular flexibility index (Phi) is 3.99. The Bertz CT molecular complexity index is 153. The molecule has 4 N–H and O–H groups in total. The molecule has 1 atom stereocenters. The van der Waals surface area contributed by atoms with Crippen LogP contribution in [0.2, 0.25) is 0 Å². The molecule has 12 heavy (non-hydrogen) atoms. The number of carbonyl (C=O) groups is 1. The first kappa shape index (κ1) is 11.2. The number of alkyl carbamates (subject to hydrolysis) is 1. The van der Waals surface area contributed by atoms with Gasteiger partial charge >= 0.3 is 6.09 Å². The number of amides is 1. The van der Waals surface area contributed by atoms with Gasteiger partial charge in [0.25, 0.3) is 0 Å². The Morgan fingerprint density at radius 3 is 2.50 bits per heavy atom. The first-order valence-electron chi connectivity index (χ1n) is 3.71. The van der Waals surface area contributed by atoms with Crippen molar-refractivity contribution in [2.75, 3.05) is 6.61 Å². The summed E-state index contributed by atoms with van der Waals surface area (Å²) in [6.07, 6.45) is -1.39. The van der Waals surface area contributed by atoms with E-state index in [-0.39, 0.29) is 6.61 Å². The van der Waals surface area contributed by atoms with E-state index in [4.69, 9.17) is 15.6 Å². The number of ether oxygens (including phenoxy) is 1. The maximum absolute atomic E-state index is 10.9. The maximum Gasteiger partial charge on any atom is 0.408 e. The molecule has 0 rings (SSSR count). The SMILES string of the molecule is CC(C)(C)OC(=O)NC(N)CO. The summed E-state index contributed by atoms with van der Waals surface area (Å²) in [5.74, 6) is 0. The van der Waals surface area contributed by atoms with Crippen LogP contribution in [0.1, 0.15) is 20.8 Å². The molecule has 1 unspecified atom stereocenters. The van der Waals surface area contributed by atoms with E-state index >= 15 is 0 Å². The summed E-state index contributed by atoms with van der Waals surface area (Å²) in [7, 11) is 0. The largest absolute Gasteiger partial charge is 0.444 e. The highest BCUT2D eigenvalue weighted by Gasteiger charge is 2.17. The van der Waals surface area contributed by atoms with E-state index in [9.17, 15) is 4.79 Å². The van der Waals surface area contributed by atoms with Crippen molar-refractivity contribution in [3.8, 4) is 0 Å². The third-order valence-electron chi connectivity index (χ3n) is 0.899. The molecule has 0 saturated heterocycles. The van der Waals surface area contributed by atoms with Crippen molar-refractivity contribution >= 4 is 6.09 Å². The lowest BCUT2D eigenvalue weighted by Crippen LogP contribution is -2.46. The monoisotopic (exact) mass is 176 g/mol. The second-order valence-corrected chi connectivity index (χ2v) is 3.44. The van der Waals surface area contributed by atoms with Gasteiger partial charge in [-0.15, -0.1) is 0 Å². The molecule has 0 bridgehead atoms. The third kappa shape index (κ3) is 5.94. The molecule has 0 heterocycles. The van der Waals surface area contributed by atoms with Gasteiger partial charge in [0.2, 0.25) is 0 Å². The first-order valence-corrected chi connectivity index (χ1v) is 3.71. The number of carbonyl (C=O) groups excluding carboxylic acids is 1. The van der Waals surface area contributed by atoms with Crippen LogP contribution in [0.3, 0.4) is 0 Å². The minimum Gasteiger partial charge on any atom is -0.444 e. The number of aliphatic hydroxyl groups is 1. The molecule has 1 amide bonds. The van der Waals surface area contributed by atoms with Crippen LogP contribution in [-0.4, -0.2) is 29.6 Å². The Morgan fingerprint density at radius 2 is 2.17 bits per heavy atom. The lowest BCUT2D eigenvalue weighted by Gasteiger charge is -2.21. The molecule has 5 heteroatoms. The second-order valence-electron chi connectivity index (χ2n) is 3.44. The van der Waals surface area contributed by atoms with Gasteiger partial charge in [0.1, 0.15) is 11.8 Å². The normalized spacial score (nSPS) is 13.8. The van der Waals surface area contributed by atoms with Crippen LogP contribution in [-0.2, 0) is 4.74 Å². The van der Waals surface area contributed by atoms with Crippen LogP contribution >= 0.6 is 0 Å². The predicted molar refractivity (Wildman–Crippen MR) is 44.4 cm³/mol. The highest BCUT2D eigenvalue weighted by molar-refractivity contribution is 5.67. The van der Waals surface area contributed by atoms with Crippen molar-refractivity contribution in [2.24, 2.45) is 5.73 Å². The van der Waals surface area contributed by atoms with Crippen LogP contribution in [0.4, 0.5) is 4.79 Å². The van der Waals surface area contributed by atoms with Gasteiger partial charge in [-0.3, -0.25) is 0 Å². The van der Waals surface area contributed by atoms with Crippen molar-refractivity contribution < 1.29 is 14.6 Å². The van der Waals surface area contributed by atoms with Gasteiger partial charge < -0.3 is 20.9 Å². The highest BCUT2D eigenvalue weighted by atomic mass is 16.6. The molecule has 0 aromatic heterocycles. The van der Waals surface area contributed by atoms with Crippen LogP contribution < -0.4 is 11.1 Å². The molecule has 0 saturated carbocycles. The Balaban J connectivity index is 3.75. The fourth-order valence-corrected chi connectivity index (χ4v) is 0.505. The van der Waals surface area contributed by atoms with Gasteiger partial charge in [-0.25, -0.2) is 4.79 Å². The third-order valence-corrected chi connectivity index (χ3v) is 0.899. The fourth-order valence-electron chi connectivity index (χ4n) is 0.505. The average Bonchev–Trinajstić information content (AvgIpc) is 1.82. The minimum absolute atomic E-state index is 0.306. The van der Waals surface area contributed by atoms with Crippen LogP contribution in [0.5, 0.6) is 0 Å². The number of aliphatic hydroxyl groups excluding tert-OH is 1. The van der Waals surface area contributed by atoms with Crippen molar-refractivity contribution in [3.05, 3.63) is 0 Å². The molecule has 0 aromatic rings. The summed E-state index contributed by atoms with van der Waals surface area (Å²) < 4.78 is 4.87. The average molecular weight is 176 g/mol. The topological polar surface area (TPSA) is 84.6 Å². The summed E-state index contributed by atoms with van der Waals surface area (Å²) in [5.41, 5.74) is 4.69. The van der Waals surface area contributed by atoms with Crippen molar-refractivity contribution in [1.29, 1.82) is 0 Å². The quantitative estimate of drug-likeness (QED) is 0.508. The van der Waals surface area contributed by atoms with Gasteiger partial charge in [-0.05, 0) is 20.8 Å². The Morgan fingerprint density at radius 1 is 1.67 bits per heavy atom. The zero-order chi connectivity index (χ0) is 9.78.